The monoisotopic (exact) mass is 249 g/mol. The predicted octanol–water partition coefficient (Wildman–Crippen LogP) is 3.31. The molecule has 0 saturated carbocycles. The van der Waals surface area contributed by atoms with E-state index in [-0.39, 0.29) is 11.3 Å². The zero-order chi connectivity index (χ0) is 12.3. The Hall–Kier alpha value is -0.960. The number of benzene rings is 1. The van der Waals surface area contributed by atoms with Crippen LogP contribution in [0.25, 0.3) is 0 Å². The highest BCUT2D eigenvalue weighted by atomic mass is 32.2. The summed E-state index contributed by atoms with van der Waals surface area (Å²) >= 11 is 1.74. The lowest BCUT2D eigenvalue weighted by atomic mass is 10.1. The molecule has 1 aromatic rings. The molecule has 1 aromatic carbocycles. The molecule has 3 heteroatoms. The van der Waals surface area contributed by atoms with E-state index < -0.39 is 0 Å². The molecule has 1 aliphatic heterocycles. The van der Waals surface area contributed by atoms with Gasteiger partial charge in [-0.1, -0.05) is 44.2 Å². The fourth-order valence-corrected chi connectivity index (χ4v) is 3.21. The lowest BCUT2D eigenvalue weighted by molar-refractivity contribution is -0.128. The number of hydrogen-bond donors (Lipinski definition) is 0. The van der Waals surface area contributed by atoms with Crippen molar-refractivity contribution in [2.75, 3.05) is 12.3 Å². The van der Waals surface area contributed by atoms with Crippen molar-refractivity contribution in [1.29, 1.82) is 0 Å². The zero-order valence-electron chi connectivity index (χ0n) is 10.4. The topological polar surface area (TPSA) is 20.3 Å². The third-order valence-electron chi connectivity index (χ3n) is 3.00. The highest BCUT2D eigenvalue weighted by molar-refractivity contribution is 8.00. The first-order valence-electron chi connectivity index (χ1n) is 6.14. The van der Waals surface area contributed by atoms with Gasteiger partial charge < -0.3 is 4.90 Å². The van der Waals surface area contributed by atoms with Crippen LogP contribution in [-0.4, -0.2) is 23.1 Å². The van der Waals surface area contributed by atoms with Crippen LogP contribution in [0, 0.1) is 5.92 Å². The first-order chi connectivity index (χ1) is 8.18. The Morgan fingerprint density at radius 3 is 2.71 bits per heavy atom. The van der Waals surface area contributed by atoms with E-state index in [1.54, 1.807) is 11.8 Å². The summed E-state index contributed by atoms with van der Waals surface area (Å²) in [6.07, 6.45) is 1.08. The molecule has 0 bridgehead atoms. The minimum atomic E-state index is 0.224. The zero-order valence-corrected chi connectivity index (χ0v) is 11.2. The first-order valence-corrected chi connectivity index (χ1v) is 7.19. The molecule has 1 amide bonds. The molecule has 17 heavy (non-hydrogen) atoms. The standard InChI is InChI=1S/C14H19NOS/c1-11(2)8-9-15-13(16)10-17-14(15)12-6-4-3-5-7-12/h3-7,11,14H,8-10H2,1-2H3/t14-/m1/s1. The maximum absolute atomic E-state index is 11.9. The maximum atomic E-state index is 11.9. The minimum absolute atomic E-state index is 0.224. The van der Waals surface area contributed by atoms with Gasteiger partial charge in [0.05, 0.1) is 5.75 Å². The molecule has 1 heterocycles. The number of rotatable bonds is 4. The third-order valence-corrected chi connectivity index (χ3v) is 4.26. The molecule has 92 valence electrons. The van der Waals surface area contributed by atoms with Crippen LogP contribution < -0.4 is 0 Å². The number of carbonyl (C=O) groups excluding carboxylic acids is 1. The second-order valence-corrected chi connectivity index (χ2v) is 5.91. The molecule has 0 radical (unpaired) electrons. The molecule has 1 saturated heterocycles. The molecule has 0 unspecified atom stereocenters. The van der Waals surface area contributed by atoms with E-state index in [2.05, 4.69) is 26.0 Å². The molecule has 0 aromatic heterocycles. The number of nitrogens with zero attached hydrogens (tertiary/aromatic N) is 1. The quantitative estimate of drug-likeness (QED) is 0.816. The number of hydrogen-bond acceptors (Lipinski definition) is 2. The molecule has 0 N–H and O–H groups in total. The SMILES string of the molecule is CC(C)CCN1C(=O)CS[C@@H]1c1ccccc1. The van der Waals surface area contributed by atoms with Gasteiger partial charge in [-0.05, 0) is 17.9 Å². The third kappa shape index (κ3) is 3.03. The highest BCUT2D eigenvalue weighted by Crippen LogP contribution is 2.38. The fourth-order valence-electron chi connectivity index (χ4n) is 1.99. The van der Waals surface area contributed by atoms with E-state index in [9.17, 15) is 4.79 Å². The summed E-state index contributed by atoms with van der Waals surface area (Å²) in [6, 6.07) is 10.3. The molecule has 1 fully saturated rings. The van der Waals surface area contributed by atoms with E-state index >= 15 is 0 Å². The normalized spacial score (nSPS) is 20.3. The van der Waals surface area contributed by atoms with Crippen LogP contribution in [0.15, 0.2) is 30.3 Å². The van der Waals surface area contributed by atoms with Crippen LogP contribution in [0.3, 0.4) is 0 Å². The Morgan fingerprint density at radius 1 is 1.35 bits per heavy atom. The molecule has 0 aliphatic carbocycles. The maximum Gasteiger partial charge on any atom is 0.233 e. The average Bonchev–Trinajstić information content (AvgIpc) is 2.69. The summed E-state index contributed by atoms with van der Waals surface area (Å²) in [5, 5.41) is 0.224. The van der Waals surface area contributed by atoms with E-state index in [1.807, 2.05) is 23.1 Å². The Labute approximate surface area is 107 Å². The predicted molar refractivity (Wildman–Crippen MR) is 72.8 cm³/mol. The Bertz CT molecular complexity index is 377. The minimum Gasteiger partial charge on any atom is -0.326 e. The lowest BCUT2D eigenvalue weighted by Crippen LogP contribution is -2.29. The largest absolute Gasteiger partial charge is 0.326 e. The number of thioether (sulfide) groups is 1. The number of carbonyl (C=O) groups is 1. The van der Waals surface area contributed by atoms with Gasteiger partial charge in [-0.3, -0.25) is 4.79 Å². The first kappa shape index (κ1) is 12.5. The molecular formula is C14H19NOS. The van der Waals surface area contributed by atoms with Gasteiger partial charge in [0.2, 0.25) is 5.91 Å². The van der Waals surface area contributed by atoms with Gasteiger partial charge in [0.15, 0.2) is 0 Å². The molecule has 1 aliphatic rings. The van der Waals surface area contributed by atoms with Gasteiger partial charge in [0.1, 0.15) is 5.37 Å². The van der Waals surface area contributed by atoms with Crippen molar-refractivity contribution >= 4 is 17.7 Å². The lowest BCUT2D eigenvalue weighted by Gasteiger charge is -2.25. The van der Waals surface area contributed by atoms with Crippen molar-refractivity contribution < 1.29 is 4.79 Å². The second kappa shape index (κ2) is 5.58. The summed E-state index contributed by atoms with van der Waals surface area (Å²) in [6.45, 7) is 5.28. The smallest absolute Gasteiger partial charge is 0.233 e. The Morgan fingerprint density at radius 2 is 2.06 bits per heavy atom. The van der Waals surface area contributed by atoms with Crippen LogP contribution >= 0.6 is 11.8 Å². The number of amides is 1. The van der Waals surface area contributed by atoms with E-state index in [0.29, 0.717) is 11.7 Å². The van der Waals surface area contributed by atoms with Crippen molar-refractivity contribution in [2.45, 2.75) is 25.6 Å². The summed E-state index contributed by atoms with van der Waals surface area (Å²) in [5.74, 6) is 1.55. The molecule has 2 rings (SSSR count). The van der Waals surface area contributed by atoms with Crippen LogP contribution in [0.1, 0.15) is 31.2 Å². The van der Waals surface area contributed by atoms with Crippen molar-refractivity contribution in [3.05, 3.63) is 35.9 Å². The average molecular weight is 249 g/mol. The highest BCUT2D eigenvalue weighted by Gasteiger charge is 2.32. The van der Waals surface area contributed by atoms with Crippen LogP contribution in [0.5, 0.6) is 0 Å². The summed E-state index contributed by atoms with van der Waals surface area (Å²) in [4.78, 5) is 13.9. The van der Waals surface area contributed by atoms with Gasteiger partial charge >= 0.3 is 0 Å². The fraction of sp³-hybridized carbons (Fsp3) is 0.500. The van der Waals surface area contributed by atoms with Crippen LogP contribution in [-0.2, 0) is 4.79 Å². The van der Waals surface area contributed by atoms with Crippen LogP contribution in [0.4, 0.5) is 0 Å². The summed E-state index contributed by atoms with van der Waals surface area (Å²) in [7, 11) is 0. The van der Waals surface area contributed by atoms with Crippen molar-refractivity contribution in [3.63, 3.8) is 0 Å². The van der Waals surface area contributed by atoms with Gasteiger partial charge in [-0.2, -0.15) is 0 Å². The molecule has 0 spiro atoms. The van der Waals surface area contributed by atoms with Gasteiger partial charge in [0.25, 0.3) is 0 Å². The van der Waals surface area contributed by atoms with Crippen molar-refractivity contribution in [1.82, 2.24) is 4.90 Å². The Balaban J connectivity index is 2.08. The van der Waals surface area contributed by atoms with Crippen molar-refractivity contribution in [3.8, 4) is 0 Å². The summed E-state index contributed by atoms with van der Waals surface area (Å²) in [5.41, 5.74) is 1.24. The molecule has 1 atom stereocenters. The molecular weight excluding hydrogens is 230 g/mol. The molecule has 2 nitrogen and oxygen atoms in total. The van der Waals surface area contributed by atoms with E-state index in [4.69, 9.17) is 0 Å². The second-order valence-electron chi connectivity index (χ2n) is 4.84. The van der Waals surface area contributed by atoms with Crippen LogP contribution in [0.2, 0.25) is 0 Å². The van der Waals surface area contributed by atoms with Gasteiger partial charge in [-0.25, -0.2) is 0 Å². The van der Waals surface area contributed by atoms with Gasteiger partial charge in [-0.15, -0.1) is 11.8 Å². The Kier molecular flexibility index (Phi) is 4.11. The van der Waals surface area contributed by atoms with Gasteiger partial charge in [0, 0.05) is 6.54 Å². The van der Waals surface area contributed by atoms with E-state index in [0.717, 1.165) is 13.0 Å². The van der Waals surface area contributed by atoms with Crippen molar-refractivity contribution in [2.24, 2.45) is 5.92 Å². The summed E-state index contributed by atoms with van der Waals surface area (Å²) < 4.78 is 0. The van der Waals surface area contributed by atoms with E-state index in [1.165, 1.54) is 5.56 Å².